The largest absolute Gasteiger partial charge is 0.479 e. The van der Waals surface area contributed by atoms with Crippen molar-refractivity contribution < 1.29 is 14.3 Å². The second-order valence-corrected chi connectivity index (χ2v) is 8.10. The number of hydrogen-bond acceptors (Lipinski definition) is 8. The van der Waals surface area contributed by atoms with E-state index in [0.717, 1.165) is 6.54 Å². The molecule has 2 aromatic rings. The van der Waals surface area contributed by atoms with Gasteiger partial charge in [0.2, 0.25) is 5.88 Å². The Morgan fingerprint density at radius 2 is 2.03 bits per heavy atom. The van der Waals surface area contributed by atoms with Gasteiger partial charge in [0.15, 0.2) is 0 Å². The number of nitrogens with zero attached hydrogens (tertiary/aromatic N) is 4. The summed E-state index contributed by atoms with van der Waals surface area (Å²) in [4.78, 5) is 21.1. The molecular weight excluding hydrogens is 396 g/mol. The first-order chi connectivity index (χ1) is 14.9. The second kappa shape index (κ2) is 10.4. The highest BCUT2D eigenvalue weighted by Gasteiger charge is 2.23. The van der Waals surface area contributed by atoms with Crippen molar-refractivity contribution in [3.05, 3.63) is 23.7 Å². The number of methoxy groups -OCH3 is 1. The van der Waals surface area contributed by atoms with Crippen molar-refractivity contribution in [1.29, 1.82) is 5.41 Å². The lowest BCUT2D eigenvalue weighted by atomic mass is 9.89. The van der Waals surface area contributed by atoms with Gasteiger partial charge in [0, 0.05) is 12.7 Å². The first-order valence-electron chi connectivity index (χ1n) is 10.9. The number of carbonyl (C=O) groups is 1. The number of aromatic nitrogens is 4. The van der Waals surface area contributed by atoms with Crippen LogP contribution in [0.25, 0.3) is 5.95 Å². The van der Waals surface area contributed by atoms with Gasteiger partial charge in [-0.05, 0) is 31.6 Å². The van der Waals surface area contributed by atoms with E-state index in [1.54, 1.807) is 14.0 Å². The minimum absolute atomic E-state index is 0.0320. The molecule has 0 bridgehead atoms. The summed E-state index contributed by atoms with van der Waals surface area (Å²) >= 11 is 0. The van der Waals surface area contributed by atoms with E-state index in [4.69, 9.17) is 14.9 Å². The van der Waals surface area contributed by atoms with Crippen molar-refractivity contribution in [3.8, 4) is 11.8 Å². The number of rotatable bonds is 9. The zero-order chi connectivity index (χ0) is 22.4. The van der Waals surface area contributed by atoms with Gasteiger partial charge in [-0.3, -0.25) is 0 Å². The number of hydrogen-bond donors (Lipinski definition) is 2. The Hall–Kier alpha value is -2.97. The van der Waals surface area contributed by atoms with Crippen molar-refractivity contribution in [2.75, 3.05) is 25.6 Å². The monoisotopic (exact) mass is 428 g/mol. The van der Waals surface area contributed by atoms with Crippen LogP contribution in [0.5, 0.6) is 5.88 Å². The molecule has 0 saturated heterocycles. The molecule has 0 amide bonds. The predicted molar refractivity (Wildman–Crippen MR) is 118 cm³/mol. The molecule has 31 heavy (non-hydrogen) atoms. The average molecular weight is 429 g/mol. The summed E-state index contributed by atoms with van der Waals surface area (Å²) in [5.74, 6) is 0.694. The molecule has 0 radical (unpaired) electrons. The minimum atomic E-state index is -0.457. The van der Waals surface area contributed by atoms with Gasteiger partial charge in [-0.25, -0.2) is 14.5 Å². The van der Waals surface area contributed by atoms with Gasteiger partial charge in [0.25, 0.3) is 5.95 Å². The van der Waals surface area contributed by atoms with Gasteiger partial charge in [0.1, 0.15) is 11.4 Å². The zero-order valence-electron chi connectivity index (χ0n) is 18.8. The third-order valence-electron chi connectivity index (χ3n) is 5.48. The molecule has 1 aliphatic rings. The Labute approximate surface area is 183 Å². The first-order valence-corrected chi connectivity index (χ1v) is 10.9. The van der Waals surface area contributed by atoms with Crippen LogP contribution < -0.4 is 10.1 Å². The molecule has 2 aromatic heterocycles. The Bertz CT molecular complexity index is 918. The molecule has 2 N–H and O–H groups in total. The molecule has 2 heterocycles. The minimum Gasteiger partial charge on any atom is -0.479 e. The Kier molecular flexibility index (Phi) is 7.59. The Morgan fingerprint density at radius 3 is 2.68 bits per heavy atom. The number of anilines is 1. The molecule has 0 aromatic carbocycles. The lowest BCUT2D eigenvalue weighted by molar-refractivity contribution is 0.0526. The highest BCUT2D eigenvalue weighted by Crippen LogP contribution is 2.30. The maximum atomic E-state index is 12.0. The molecule has 0 unspecified atom stereocenters. The summed E-state index contributed by atoms with van der Waals surface area (Å²) in [6.45, 7) is 6.74. The van der Waals surface area contributed by atoms with Crippen LogP contribution in [-0.2, 0) is 4.74 Å². The molecule has 168 valence electrons. The highest BCUT2D eigenvalue weighted by molar-refractivity contribution is 6.03. The topological polar surface area (TPSA) is 115 Å². The summed E-state index contributed by atoms with van der Waals surface area (Å²) in [7, 11) is 1.55. The van der Waals surface area contributed by atoms with Crippen LogP contribution in [0.4, 0.5) is 5.69 Å². The fraction of sp³-hybridized carbons (Fsp3) is 0.591. The van der Waals surface area contributed by atoms with Gasteiger partial charge in [-0.2, -0.15) is 10.1 Å². The summed E-state index contributed by atoms with van der Waals surface area (Å²) in [6.07, 6.45) is 9.16. The Morgan fingerprint density at radius 1 is 1.29 bits per heavy atom. The van der Waals surface area contributed by atoms with Crippen molar-refractivity contribution >= 4 is 17.4 Å². The van der Waals surface area contributed by atoms with Crippen LogP contribution in [0.15, 0.2) is 12.4 Å². The Balaban J connectivity index is 1.95. The van der Waals surface area contributed by atoms with E-state index in [2.05, 4.69) is 20.4 Å². The SMILES string of the molecule is CCOC(=O)c1cnn(-c2nc(OC)c(NCC3CCCCC3)c(C(=N)C(C)C)n2)c1. The van der Waals surface area contributed by atoms with Crippen LogP contribution in [-0.4, -0.2) is 51.7 Å². The normalized spacial score (nSPS) is 14.5. The lowest BCUT2D eigenvalue weighted by Gasteiger charge is -2.24. The van der Waals surface area contributed by atoms with Crippen molar-refractivity contribution in [1.82, 2.24) is 19.7 Å². The smallest absolute Gasteiger partial charge is 0.341 e. The van der Waals surface area contributed by atoms with Crippen LogP contribution in [0.1, 0.15) is 68.9 Å². The molecule has 3 rings (SSSR count). The van der Waals surface area contributed by atoms with E-state index in [1.165, 1.54) is 49.2 Å². The number of esters is 1. The summed E-state index contributed by atoms with van der Waals surface area (Å²) in [6, 6.07) is 0. The van der Waals surface area contributed by atoms with Crippen molar-refractivity contribution in [2.45, 2.75) is 52.9 Å². The molecule has 1 fully saturated rings. The predicted octanol–water partition coefficient (Wildman–Crippen LogP) is 3.86. The van der Waals surface area contributed by atoms with Crippen LogP contribution in [0.2, 0.25) is 0 Å². The maximum Gasteiger partial charge on any atom is 0.341 e. The van der Waals surface area contributed by atoms with Gasteiger partial charge >= 0.3 is 5.97 Å². The van der Waals surface area contributed by atoms with Crippen LogP contribution in [0.3, 0.4) is 0 Å². The van der Waals surface area contributed by atoms with E-state index >= 15 is 0 Å². The third kappa shape index (κ3) is 5.39. The average Bonchev–Trinajstić information content (AvgIpc) is 3.28. The first kappa shape index (κ1) is 22.7. The molecule has 1 saturated carbocycles. The summed E-state index contributed by atoms with van der Waals surface area (Å²) in [5, 5.41) is 16.3. The van der Waals surface area contributed by atoms with Gasteiger partial charge < -0.3 is 20.2 Å². The van der Waals surface area contributed by atoms with Gasteiger partial charge in [-0.1, -0.05) is 33.1 Å². The van der Waals surface area contributed by atoms with Crippen molar-refractivity contribution in [2.24, 2.45) is 11.8 Å². The quantitative estimate of drug-likeness (QED) is 0.460. The molecule has 0 aliphatic heterocycles. The zero-order valence-corrected chi connectivity index (χ0v) is 18.8. The standard InChI is InChI=1S/C22H32N6O3/c1-5-31-21(29)16-12-25-28(13-16)22-26-18(17(23)14(2)3)19(20(27-22)30-4)24-11-15-9-7-6-8-10-15/h12-15,23-24H,5-11H2,1-4H3. The lowest BCUT2D eigenvalue weighted by Crippen LogP contribution is -2.22. The molecular formula is C22H32N6O3. The molecule has 9 heteroatoms. The maximum absolute atomic E-state index is 12.0. The number of ether oxygens (including phenoxy) is 2. The van der Waals surface area contributed by atoms with Crippen LogP contribution in [0, 0.1) is 17.2 Å². The molecule has 9 nitrogen and oxygen atoms in total. The van der Waals surface area contributed by atoms with Crippen molar-refractivity contribution in [3.63, 3.8) is 0 Å². The van der Waals surface area contributed by atoms with Gasteiger partial charge in [-0.15, -0.1) is 0 Å². The summed E-state index contributed by atoms with van der Waals surface area (Å²) in [5.41, 5.74) is 1.81. The van der Waals surface area contributed by atoms with E-state index < -0.39 is 5.97 Å². The second-order valence-electron chi connectivity index (χ2n) is 8.10. The number of carbonyl (C=O) groups excluding carboxylic acids is 1. The number of nitrogens with one attached hydrogen (secondary N) is 2. The highest BCUT2D eigenvalue weighted by atomic mass is 16.5. The van der Waals surface area contributed by atoms with E-state index in [0.29, 0.717) is 34.5 Å². The van der Waals surface area contributed by atoms with E-state index in [-0.39, 0.29) is 18.5 Å². The van der Waals surface area contributed by atoms with E-state index in [9.17, 15) is 4.79 Å². The molecule has 0 spiro atoms. The summed E-state index contributed by atoms with van der Waals surface area (Å²) < 4.78 is 12.0. The van der Waals surface area contributed by atoms with Crippen LogP contribution >= 0.6 is 0 Å². The van der Waals surface area contributed by atoms with Gasteiger partial charge in [0.05, 0.1) is 31.2 Å². The fourth-order valence-electron chi connectivity index (χ4n) is 3.70. The molecule has 0 atom stereocenters. The molecule has 1 aliphatic carbocycles. The van der Waals surface area contributed by atoms with E-state index in [1.807, 2.05) is 13.8 Å². The third-order valence-corrected chi connectivity index (χ3v) is 5.48. The fourth-order valence-corrected chi connectivity index (χ4v) is 3.70.